The lowest BCUT2D eigenvalue weighted by atomic mass is 9.95. The van der Waals surface area contributed by atoms with E-state index in [9.17, 15) is 8.42 Å². The monoisotopic (exact) mass is 314 g/mol. The predicted octanol–water partition coefficient (Wildman–Crippen LogP) is 0.0453. The van der Waals surface area contributed by atoms with Gasteiger partial charge in [-0.2, -0.15) is 0 Å². The summed E-state index contributed by atoms with van der Waals surface area (Å²) in [5.41, 5.74) is 11.9. The molecule has 0 aromatic carbocycles. The molecule has 2 rings (SSSR count). The molecule has 0 aliphatic carbocycles. The third-order valence-electron chi connectivity index (χ3n) is 3.97. The zero-order valence-electron chi connectivity index (χ0n) is 11.9. The summed E-state index contributed by atoms with van der Waals surface area (Å²) in [6, 6.07) is 3.21. The largest absolute Gasteiger partial charge is 0.396 e. The third-order valence-corrected chi connectivity index (χ3v) is 5.95. The molecule has 8 heteroatoms. The van der Waals surface area contributed by atoms with Crippen LogP contribution in [0.4, 0.5) is 5.82 Å². The quantitative estimate of drug-likeness (QED) is 0.705. The van der Waals surface area contributed by atoms with Gasteiger partial charge < -0.3 is 16.6 Å². The zero-order chi connectivity index (χ0) is 15.5. The number of pyridine rings is 1. The summed E-state index contributed by atoms with van der Waals surface area (Å²) in [6.07, 6.45) is 3.71. The number of sulfonamides is 1. The number of aromatic nitrogens is 1. The fraction of sp³-hybridized carbons (Fsp3) is 0.615. The fourth-order valence-electron chi connectivity index (χ4n) is 2.63. The van der Waals surface area contributed by atoms with Crippen molar-refractivity contribution in [3.8, 4) is 0 Å². The van der Waals surface area contributed by atoms with Crippen molar-refractivity contribution in [2.45, 2.75) is 24.6 Å². The fourth-order valence-corrected chi connectivity index (χ4v) is 4.19. The lowest BCUT2D eigenvalue weighted by molar-refractivity contribution is 0.207. The molecule has 1 aromatic heterocycles. The Bertz CT molecular complexity index is 571. The van der Waals surface area contributed by atoms with Gasteiger partial charge in [-0.1, -0.05) is 6.07 Å². The van der Waals surface area contributed by atoms with Gasteiger partial charge in [0, 0.05) is 31.5 Å². The number of hydrogen-bond acceptors (Lipinski definition) is 6. The molecule has 0 bridgehead atoms. The number of rotatable bonds is 5. The van der Waals surface area contributed by atoms with E-state index in [1.807, 2.05) is 0 Å². The lowest BCUT2D eigenvalue weighted by Crippen LogP contribution is -2.43. The number of nitrogens with two attached hydrogens (primary N) is 2. The van der Waals surface area contributed by atoms with Crippen LogP contribution in [0.15, 0.2) is 18.3 Å². The van der Waals surface area contributed by atoms with Crippen molar-refractivity contribution in [2.75, 3.05) is 25.4 Å². The molecule has 1 saturated heterocycles. The smallest absolute Gasteiger partial charge is 0.234 e. The molecule has 1 aliphatic heterocycles. The molecular formula is C13H22N4O3S. The van der Waals surface area contributed by atoms with E-state index in [0.29, 0.717) is 24.6 Å². The van der Waals surface area contributed by atoms with Crippen LogP contribution in [0, 0.1) is 5.92 Å². The summed E-state index contributed by atoms with van der Waals surface area (Å²) in [4.78, 5) is 3.88. The van der Waals surface area contributed by atoms with Gasteiger partial charge in [0.2, 0.25) is 10.0 Å². The van der Waals surface area contributed by atoms with E-state index in [-0.39, 0.29) is 12.4 Å². The topological polar surface area (TPSA) is 123 Å². The van der Waals surface area contributed by atoms with Crippen molar-refractivity contribution in [3.05, 3.63) is 23.9 Å². The molecule has 0 radical (unpaired) electrons. The van der Waals surface area contributed by atoms with Gasteiger partial charge in [-0.15, -0.1) is 0 Å². The summed E-state index contributed by atoms with van der Waals surface area (Å²) >= 11 is 0. The molecule has 1 unspecified atom stereocenters. The second kappa shape index (κ2) is 6.69. The lowest BCUT2D eigenvalue weighted by Gasteiger charge is -2.32. The van der Waals surface area contributed by atoms with Crippen LogP contribution in [0.25, 0.3) is 0 Å². The van der Waals surface area contributed by atoms with Crippen LogP contribution in [-0.2, 0) is 10.0 Å². The van der Waals surface area contributed by atoms with Crippen LogP contribution in [0.2, 0.25) is 0 Å². The van der Waals surface area contributed by atoms with Crippen LogP contribution < -0.4 is 11.5 Å². The molecule has 2 heterocycles. The SMILES string of the molecule is Nc1ncccc1C(N)S(=O)(=O)N1CCC(CCO)CC1. The van der Waals surface area contributed by atoms with Crippen LogP contribution in [0.5, 0.6) is 0 Å². The highest BCUT2D eigenvalue weighted by atomic mass is 32.2. The van der Waals surface area contributed by atoms with E-state index in [2.05, 4.69) is 4.98 Å². The van der Waals surface area contributed by atoms with Gasteiger partial charge >= 0.3 is 0 Å². The Morgan fingerprint density at radius 1 is 1.43 bits per heavy atom. The summed E-state index contributed by atoms with van der Waals surface area (Å²) in [5, 5.41) is 7.75. The van der Waals surface area contributed by atoms with Crippen molar-refractivity contribution in [2.24, 2.45) is 11.7 Å². The highest BCUT2D eigenvalue weighted by Gasteiger charge is 2.34. The summed E-state index contributed by atoms with van der Waals surface area (Å²) < 4.78 is 26.6. The highest BCUT2D eigenvalue weighted by Crippen LogP contribution is 2.28. The molecule has 118 valence electrons. The van der Waals surface area contributed by atoms with Gasteiger partial charge in [-0.25, -0.2) is 17.7 Å². The van der Waals surface area contributed by atoms with E-state index < -0.39 is 15.4 Å². The minimum Gasteiger partial charge on any atom is -0.396 e. The molecule has 0 amide bonds. The first-order chi connectivity index (χ1) is 9.96. The van der Waals surface area contributed by atoms with E-state index in [0.717, 1.165) is 19.3 Å². The normalized spacial score (nSPS) is 19.5. The van der Waals surface area contributed by atoms with Crippen molar-refractivity contribution >= 4 is 15.8 Å². The maximum absolute atomic E-state index is 12.6. The molecule has 5 N–H and O–H groups in total. The predicted molar refractivity (Wildman–Crippen MR) is 80.5 cm³/mol. The Balaban J connectivity index is 2.10. The molecule has 1 atom stereocenters. The number of piperidine rings is 1. The van der Waals surface area contributed by atoms with E-state index in [1.54, 1.807) is 12.1 Å². The first-order valence-electron chi connectivity index (χ1n) is 7.02. The average Bonchev–Trinajstić information content (AvgIpc) is 2.48. The van der Waals surface area contributed by atoms with Crippen molar-refractivity contribution < 1.29 is 13.5 Å². The molecule has 1 aliphatic rings. The van der Waals surface area contributed by atoms with Gasteiger partial charge in [0.25, 0.3) is 0 Å². The molecule has 7 nitrogen and oxygen atoms in total. The third kappa shape index (κ3) is 3.52. The van der Waals surface area contributed by atoms with Crippen molar-refractivity contribution in [3.63, 3.8) is 0 Å². The zero-order valence-corrected chi connectivity index (χ0v) is 12.7. The second-order valence-corrected chi connectivity index (χ2v) is 7.35. The highest BCUT2D eigenvalue weighted by molar-refractivity contribution is 7.89. The van der Waals surface area contributed by atoms with Gasteiger partial charge in [-0.3, -0.25) is 0 Å². The van der Waals surface area contributed by atoms with Gasteiger partial charge in [0.1, 0.15) is 5.82 Å². The number of aliphatic hydroxyl groups excluding tert-OH is 1. The van der Waals surface area contributed by atoms with Crippen LogP contribution in [-0.4, -0.2) is 42.5 Å². The van der Waals surface area contributed by atoms with Crippen molar-refractivity contribution in [1.29, 1.82) is 0 Å². The molecule has 0 spiro atoms. The van der Waals surface area contributed by atoms with Crippen LogP contribution in [0.1, 0.15) is 30.2 Å². The second-order valence-electron chi connectivity index (χ2n) is 5.30. The number of aliphatic hydroxyl groups is 1. The Morgan fingerprint density at radius 2 is 2.10 bits per heavy atom. The van der Waals surface area contributed by atoms with E-state index in [1.165, 1.54) is 10.5 Å². The van der Waals surface area contributed by atoms with Gasteiger partial charge in [0.05, 0.1) is 0 Å². The number of nitrogens with zero attached hydrogens (tertiary/aromatic N) is 2. The molecule has 0 saturated carbocycles. The first kappa shape index (κ1) is 16.2. The van der Waals surface area contributed by atoms with Gasteiger partial charge in [-0.05, 0) is 31.2 Å². The summed E-state index contributed by atoms with van der Waals surface area (Å²) in [6.45, 7) is 1.00. The molecule has 1 fully saturated rings. The molecule has 1 aromatic rings. The van der Waals surface area contributed by atoms with E-state index >= 15 is 0 Å². The summed E-state index contributed by atoms with van der Waals surface area (Å²) in [5.74, 6) is 0.518. The van der Waals surface area contributed by atoms with Gasteiger partial charge in [0.15, 0.2) is 5.37 Å². The minimum atomic E-state index is -3.65. The molecular weight excluding hydrogens is 292 g/mol. The summed E-state index contributed by atoms with van der Waals surface area (Å²) in [7, 11) is -3.65. The van der Waals surface area contributed by atoms with Crippen LogP contribution >= 0.6 is 0 Å². The average molecular weight is 314 g/mol. The number of anilines is 1. The maximum Gasteiger partial charge on any atom is 0.234 e. The van der Waals surface area contributed by atoms with Crippen molar-refractivity contribution in [1.82, 2.24) is 9.29 Å². The van der Waals surface area contributed by atoms with Crippen LogP contribution in [0.3, 0.4) is 0 Å². The Labute approximate surface area is 125 Å². The minimum absolute atomic E-state index is 0.142. The van der Waals surface area contributed by atoms with E-state index in [4.69, 9.17) is 16.6 Å². The Kier molecular flexibility index (Phi) is 5.15. The Hall–Kier alpha value is -1.22. The Morgan fingerprint density at radius 3 is 2.67 bits per heavy atom. The first-order valence-corrected chi connectivity index (χ1v) is 8.53. The number of nitrogen functional groups attached to an aromatic ring is 1. The standard InChI is InChI=1S/C13H22N4O3S/c14-12-11(2-1-6-16-12)13(15)21(19,20)17-7-3-10(4-8-17)5-9-18/h1-2,6,10,13,18H,3-5,7-9,15H2,(H2,14,16). The molecule has 21 heavy (non-hydrogen) atoms. The number of hydrogen-bond donors (Lipinski definition) is 3. The maximum atomic E-state index is 12.6.